The maximum atomic E-state index is 13.2. The number of nitro groups is 1. The average molecular weight is 447 g/mol. The van der Waals surface area contributed by atoms with Crippen LogP contribution in [0.5, 0.6) is 0 Å². The van der Waals surface area contributed by atoms with Gasteiger partial charge in [-0.1, -0.05) is 60.7 Å². The first-order valence-electron chi connectivity index (χ1n) is 10.6. The highest BCUT2D eigenvalue weighted by Gasteiger charge is 2.30. The highest BCUT2D eigenvalue weighted by Crippen LogP contribution is 2.32. The molecule has 0 aliphatic carbocycles. The molecule has 2 heterocycles. The minimum absolute atomic E-state index is 0.0582. The molecule has 0 saturated carbocycles. The van der Waals surface area contributed by atoms with Crippen LogP contribution in [0.3, 0.4) is 0 Å². The Balaban J connectivity index is 1.58. The second kappa shape index (κ2) is 10.0. The van der Waals surface area contributed by atoms with Crippen molar-refractivity contribution >= 4 is 23.2 Å². The number of aromatic nitrogens is 2. The van der Waals surface area contributed by atoms with E-state index >= 15 is 0 Å². The lowest BCUT2D eigenvalue weighted by Crippen LogP contribution is -2.45. The Morgan fingerprint density at radius 3 is 2.09 bits per heavy atom. The SMILES string of the molecule is CN1CCN(c2ncnc(NNC(=O)C(c3ccccc3)c3ccccc3)c2[N+](=O)[O-])CC1. The molecular formula is C23H25N7O3. The molecule has 10 heteroatoms. The summed E-state index contributed by atoms with van der Waals surface area (Å²) in [4.78, 5) is 36.8. The van der Waals surface area contributed by atoms with Gasteiger partial charge < -0.3 is 9.80 Å². The van der Waals surface area contributed by atoms with Gasteiger partial charge in [0.2, 0.25) is 17.5 Å². The number of nitrogens with zero attached hydrogens (tertiary/aromatic N) is 5. The molecule has 0 radical (unpaired) electrons. The van der Waals surface area contributed by atoms with Crippen LogP contribution >= 0.6 is 0 Å². The van der Waals surface area contributed by atoms with E-state index in [1.165, 1.54) is 6.33 Å². The Morgan fingerprint density at radius 2 is 1.55 bits per heavy atom. The van der Waals surface area contributed by atoms with E-state index in [9.17, 15) is 14.9 Å². The third kappa shape index (κ3) is 5.07. The van der Waals surface area contributed by atoms with Gasteiger partial charge in [-0.05, 0) is 18.2 Å². The standard InChI is InChI=1S/C23H25N7O3/c1-28-12-14-29(15-13-28)22-20(30(32)33)21(24-16-25-22)26-27-23(31)19(17-8-4-2-5-9-17)18-10-6-3-7-11-18/h2-11,16,19H,12-15H2,1H3,(H,27,31)(H,24,25,26). The maximum absolute atomic E-state index is 13.2. The highest BCUT2D eigenvalue weighted by molar-refractivity contribution is 5.88. The number of piperazine rings is 1. The monoisotopic (exact) mass is 447 g/mol. The molecule has 0 bridgehead atoms. The van der Waals surface area contributed by atoms with Crippen molar-refractivity contribution in [2.75, 3.05) is 43.6 Å². The third-order valence-corrected chi connectivity index (χ3v) is 5.62. The van der Waals surface area contributed by atoms with E-state index < -0.39 is 10.8 Å². The molecule has 3 aromatic rings. The molecule has 1 amide bonds. The van der Waals surface area contributed by atoms with Crippen LogP contribution in [0.4, 0.5) is 17.3 Å². The number of rotatable bonds is 7. The molecule has 1 aromatic heterocycles. The van der Waals surface area contributed by atoms with E-state index in [0.29, 0.717) is 13.1 Å². The Kier molecular flexibility index (Phi) is 6.75. The van der Waals surface area contributed by atoms with Crippen molar-refractivity contribution in [1.29, 1.82) is 0 Å². The van der Waals surface area contributed by atoms with Crippen LogP contribution in [0.1, 0.15) is 17.0 Å². The molecule has 170 valence electrons. The molecule has 1 fully saturated rings. The molecule has 1 aliphatic rings. The van der Waals surface area contributed by atoms with Gasteiger partial charge in [0.15, 0.2) is 0 Å². The molecule has 33 heavy (non-hydrogen) atoms. The Labute approximate surface area is 191 Å². The number of benzene rings is 2. The van der Waals surface area contributed by atoms with E-state index in [2.05, 4.69) is 25.7 Å². The van der Waals surface area contributed by atoms with Crippen molar-refractivity contribution in [2.45, 2.75) is 5.92 Å². The molecular weight excluding hydrogens is 422 g/mol. The highest BCUT2D eigenvalue weighted by atomic mass is 16.6. The number of carbonyl (C=O) groups is 1. The summed E-state index contributed by atoms with van der Waals surface area (Å²) in [5.41, 5.74) is 6.63. The lowest BCUT2D eigenvalue weighted by molar-refractivity contribution is -0.383. The van der Waals surface area contributed by atoms with Gasteiger partial charge in [-0.2, -0.15) is 0 Å². The summed E-state index contributed by atoms with van der Waals surface area (Å²) < 4.78 is 0. The molecule has 2 N–H and O–H groups in total. The number of carbonyl (C=O) groups excluding carboxylic acids is 1. The molecule has 0 atom stereocenters. The van der Waals surface area contributed by atoms with Crippen molar-refractivity contribution < 1.29 is 9.72 Å². The largest absolute Gasteiger partial charge is 0.355 e. The number of hydrazine groups is 1. The van der Waals surface area contributed by atoms with Gasteiger partial charge in [0.25, 0.3) is 0 Å². The summed E-state index contributed by atoms with van der Waals surface area (Å²) in [5, 5.41) is 11.9. The Bertz CT molecular complexity index is 1060. The van der Waals surface area contributed by atoms with Crippen molar-refractivity contribution in [3.05, 3.63) is 88.2 Å². The number of likely N-dealkylation sites (N-methyl/N-ethyl adjacent to an activating group) is 1. The second-order valence-corrected chi connectivity index (χ2v) is 7.81. The summed E-state index contributed by atoms with van der Waals surface area (Å²) in [7, 11) is 2.00. The van der Waals surface area contributed by atoms with Crippen LogP contribution in [0.2, 0.25) is 0 Å². The number of anilines is 2. The van der Waals surface area contributed by atoms with Gasteiger partial charge in [0.05, 0.1) is 10.8 Å². The molecule has 4 rings (SSSR count). The zero-order valence-electron chi connectivity index (χ0n) is 18.2. The summed E-state index contributed by atoms with van der Waals surface area (Å²) >= 11 is 0. The summed E-state index contributed by atoms with van der Waals surface area (Å²) in [6, 6.07) is 18.7. The van der Waals surface area contributed by atoms with Crippen molar-refractivity contribution in [3.8, 4) is 0 Å². The molecule has 1 saturated heterocycles. The van der Waals surface area contributed by atoms with Crippen LogP contribution in [0.15, 0.2) is 67.0 Å². The lowest BCUT2D eigenvalue weighted by Gasteiger charge is -2.32. The number of hydrogen-bond acceptors (Lipinski definition) is 8. The van der Waals surface area contributed by atoms with Gasteiger partial charge in [-0.25, -0.2) is 9.97 Å². The zero-order chi connectivity index (χ0) is 23.2. The fraction of sp³-hybridized carbons (Fsp3) is 0.261. The van der Waals surface area contributed by atoms with Crippen LogP contribution in [-0.4, -0.2) is 58.9 Å². The van der Waals surface area contributed by atoms with Crippen LogP contribution in [-0.2, 0) is 4.79 Å². The summed E-state index contributed by atoms with van der Waals surface area (Å²) in [5.74, 6) is -0.779. The van der Waals surface area contributed by atoms with E-state index in [1.807, 2.05) is 72.6 Å². The first-order chi connectivity index (χ1) is 16.0. The van der Waals surface area contributed by atoms with Gasteiger partial charge >= 0.3 is 5.69 Å². The molecule has 0 unspecified atom stereocenters. The van der Waals surface area contributed by atoms with Crippen molar-refractivity contribution in [1.82, 2.24) is 20.3 Å². The smallest absolute Gasteiger partial charge is 0.348 e. The fourth-order valence-corrected chi connectivity index (χ4v) is 3.86. The Morgan fingerprint density at radius 1 is 0.970 bits per heavy atom. The maximum Gasteiger partial charge on any atom is 0.355 e. The first kappa shape index (κ1) is 22.2. The van der Waals surface area contributed by atoms with Crippen molar-refractivity contribution in [3.63, 3.8) is 0 Å². The first-order valence-corrected chi connectivity index (χ1v) is 10.6. The number of hydrogen-bond donors (Lipinski definition) is 2. The quantitative estimate of drug-likeness (QED) is 0.419. The van der Waals surface area contributed by atoms with E-state index in [-0.39, 0.29) is 23.2 Å². The topological polar surface area (TPSA) is 117 Å². The lowest BCUT2D eigenvalue weighted by atomic mass is 9.91. The Hall–Kier alpha value is -4.05. The number of nitrogens with one attached hydrogen (secondary N) is 2. The molecule has 10 nitrogen and oxygen atoms in total. The zero-order valence-corrected chi connectivity index (χ0v) is 18.2. The third-order valence-electron chi connectivity index (χ3n) is 5.62. The average Bonchev–Trinajstić information content (AvgIpc) is 2.84. The van der Waals surface area contributed by atoms with Gasteiger partial charge in [0.1, 0.15) is 6.33 Å². The fourth-order valence-electron chi connectivity index (χ4n) is 3.86. The van der Waals surface area contributed by atoms with Crippen LogP contribution in [0, 0.1) is 10.1 Å². The van der Waals surface area contributed by atoms with E-state index in [4.69, 9.17) is 0 Å². The molecule has 0 spiro atoms. The van der Waals surface area contributed by atoms with E-state index in [0.717, 1.165) is 24.2 Å². The predicted octanol–water partition coefficient (Wildman–Crippen LogP) is 2.41. The van der Waals surface area contributed by atoms with Crippen molar-refractivity contribution in [2.24, 2.45) is 0 Å². The van der Waals surface area contributed by atoms with Gasteiger partial charge in [0, 0.05) is 26.2 Å². The minimum atomic E-state index is -0.599. The van der Waals surface area contributed by atoms with Gasteiger partial charge in [-0.15, -0.1) is 0 Å². The predicted molar refractivity (Wildman–Crippen MR) is 125 cm³/mol. The van der Waals surface area contributed by atoms with Crippen LogP contribution < -0.4 is 15.8 Å². The minimum Gasteiger partial charge on any atom is -0.348 e. The normalized spacial score (nSPS) is 14.2. The van der Waals surface area contributed by atoms with E-state index in [1.54, 1.807) is 0 Å². The van der Waals surface area contributed by atoms with Gasteiger partial charge in [-0.3, -0.25) is 25.8 Å². The summed E-state index contributed by atoms with van der Waals surface area (Å²) in [6.07, 6.45) is 1.26. The molecule has 1 aliphatic heterocycles. The number of amides is 1. The molecule has 2 aromatic carbocycles. The van der Waals surface area contributed by atoms with Crippen LogP contribution in [0.25, 0.3) is 0 Å². The summed E-state index contributed by atoms with van der Waals surface area (Å²) in [6.45, 7) is 2.78. The second-order valence-electron chi connectivity index (χ2n) is 7.81.